The smallest absolute Gasteiger partial charge is 0.338 e. The van der Waals surface area contributed by atoms with Gasteiger partial charge in [-0.15, -0.1) is 0 Å². The third kappa shape index (κ3) is 5.75. The molecule has 0 amide bonds. The van der Waals surface area contributed by atoms with Crippen LogP contribution in [-0.4, -0.2) is 36.5 Å². The van der Waals surface area contributed by atoms with Gasteiger partial charge in [0.05, 0.1) is 42.7 Å². The van der Waals surface area contributed by atoms with E-state index in [0.29, 0.717) is 32.1 Å². The van der Waals surface area contributed by atoms with Crippen LogP contribution in [0.3, 0.4) is 0 Å². The van der Waals surface area contributed by atoms with E-state index in [4.69, 9.17) is 14.2 Å². The van der Waals surface area contributed by atoms with Crippen molar-refractivity contribution in [3.63, 3.8) is 0 Å². The summed E-state index contributed by atoms with van der Waals surface area (Å²) in [7, 11) is 3.09. The second-order valence-electron chi connectivity index (χ2n) is 12.4. The van der Waals surface area contributed by atoms with Crippen LogP contribution in [0.5, 0.6) is 17.2 Å². The molecule has 0 bridgehead atoms. The lowest BCUT2D eigenvalue weighted by Crippen LogP contribution is -2.40. The van der Waals surface area contributed by atoms with Gasteiger partial charge in [0.2, 0.25) is 0 Å². The molecule has 0 radical (unpaired) electrons. The Kier molecular flexibility index (Phi) is 8.47. The van der Waals surface area contributed by atoms with Crippen LogP contribution in [-0.2, 0) is 20.4 Å². The number of thiazole rings is 1. The number of rotatable bonds is 6. The number of methoxy groups -OCH3 is 2. The summed E-state index contributed by atoms with van der Waals surface area (Å²) in [5.41, 5.74) is 2.92. The van der Waals surface area contributed by atoms with Crippen molar-refractivity contribution in [1.82, 2.24) is 4.57 Å². The van der Waals surface area contributed by atoms with Gasteiger partial charge >= 0.3 is 5.97 Å². The first-order valence-corrected chi connectivity index (χ1v) is 14.7. The molecule has 0 fully saturated rings. The zero-order chi connectivity index (χ0) is 31.1. The number of allylic oxidation sites excluding steroid dienone is 1. The number of nitrogens with zero attached hydrogens (tertiary/aromatic N) is 2. The third-order valence-corrected chi connectivity index (χ3v) is 8.27. The van der Waals surface area contributed by atoms with Gasteiger partial charge in [0, 0.05) is 11.1 Å². The van der Waals surface area contributed by atoms with Crippen LogP contribution in [0.25, 0.3) is 6.08 Å². The van der Waals surface area contributed by atoms with Crippen LogP contribution in [0.15, 0.2) is 51.4 Å². The highest BCUT2D eigenvalue weighted by molar-refractivity contribution is 7.07. The fourth-order valence-electron chi connectivity index (χ4n) is 5.16. The molecule has 0 saturated heterocycles. The van der Waals surface area contributed by atoms with Gasteiger partial charge in [0.15, 0.2) is 16.3 Å². The molecule has 1 atom stereocenters. The van der Waals surface area contributed by atoms with Crippen molar-refractivity contribution < 1.29 is 24.1 Å². The van der Waals surface area contributed by atoms with Crippen molar-refractivity contribution in [2.45, 2.75) is 72.3 Å². The average molecular weight is 593 g/mol. The highest BCUT2D eigenvalue weighted by Crippen LogP contribution is 2.40. The molecule has 9 heteroatoms. The second-order valence-corrected chi connectivity index (χ2v) is 13.4. The van der Waals surface area contributed by atoms with Crippen molar-refractivity contribution in [2.24, 2.45) is 4.99 Å². The number of carbonyl (C=O) groups excluding carboxylic acids is 1. The van der Waals surface area contributed by atoms with E-state index in [9.17, 15) is 14.7 Å². The van der Waals surface area contributed by atoms with Gasteiger partial charge < -0.3 is 19.3 Å². The van der Waals surface area contributed by atoms with Crippen LogP contribution in [0, 0.1) is 0 Å². The maximum absolute atomic E-state index is 14.1. The Bertz CT molecular complexity index is 1710. The standard InChI is InChI=1S/C33H40N2O6S/c1-11-41-30(38)26-18(2)34-31-35(27(26)20-12-13-23(39-9)24(17-20)40-10)29(37)25(42-31)16-19-14-21(32(3,4)5)28(36)22(15-19)33(6,7)8/h12-17,27,36H,11H2,1-10H3/b25-16-/t27-/m1/s1. The van der Waals surface area contributed by atoms with Crippen LogP contribution in [0.4, 0.5) is 0 Å². The number of aromatic hydroxyl groups is 1. The SMILES string of the molecule is CCOC(=O)C1=C(C)N=c2s/c(=C\c3cc(C(C)(C)C)c(O)c(C(C)(C)C)c3)c(=O)n2[C@@H]1c1ccc(OC)c(OC)c1. The molecule has 0 saturated carbocycles. The lowest BCUT2D eigenvalue weighted by atomic mass is 9.78. The first-order chi connectivity index (χ1) is 19.6. The first-order valence-electron chi connectivity index (χ1n) is 13.9. The maximum atomic E-state index is 14.1. The molecule has 2 heterocycles. The topological polar surface area (TPSA) is 99.4 Å². The maximum Gasteiger partial charge on any atom is 0.338 e. The molecule has 0 unspecified atom stereocenters. The number of phenols is 1. The number of ether oxygens (including phenoxy) is 3. The van der Waals surface area contributed by atoms with Crippen molar-refractivity contribution >= 4 is 23.4 Å². The van der Waals surface area contributed by atoms with Crippen LogP contribution < -0.4 is 24.4 Å². The van der Waals surface area contributed by atoms with Gasteiger partial charge in [-0.25, -0.2) is 9.79 Å². The lowest BCUT2D eigenvalue weighted by molar-refractivity contribution is -0.139. The molecule has 1 aliphatic heterocycles. The molecule has 3 aromatic rings. The normalized spacial score (nSPS) is 15.8. The van der Waals surface area contributed by atoms with Crippen molar-refractivity contribution in [1.29, 1.82) is 0 Å². The van der Waals surface area contributed by atoms with Crippen LogP contribution in [0.1, 0.15) is 83.7 Å². The van der Waals surface area contributed by atoms with E-state index in [1.54, 1.807) is 37.7 Å². The molecule has 42 heavy (non-hydrogen) atoms. The van der Waals surface area contributed by atoms with Crippen LogP contribution in [0.2, 0.25) is 0 Å². The number of aromatic nitrogens is 1. The van der Waals surface area contributed by atoms with Crippen molar-refractivity contribution in [2.75, 3.05) is 20.8 Å². The number of fused-ring (bicyclic) bond motifs is 1. The molecule has 1 aliphatic rings. The lowest BCUT2D eigenvalue weighted by Gasteiger charge is -2.27. The summed E-state index contributed by atoms with van der Waals surface area (Å²) in [4.78, 5) is 32.5. The van der Waals surface area contributed by atoms with E-state index in [1.165, 1.54) is 18.4 Å². The Morgan fingerprint density at radius 3 is 2.14 bits per heavy atom. The zero-order valence-electron chi connectivity index (χ0n) is 26.0. The zero-order valence-corrected chi connectivity index (χ0v) is 26.9. The second kappa shape index (κ2) is 11.4. The molecule has 2 aromatic carbocycles. The molecule has 8 nitrogen and oxygen atoms in total. The van der Waals surface area contributed by atoms with E-state index < -0.39 is 12.0 Å². The summed E-state index contributed by atoms with van der Waals surface area (Å²) in [5, 5.41) is 11.2. The highest BCUT2D eigenvalue weighted by Gasteiger charge is 2.34. The first kappa shape index (κ1) is 31.1. The van der Waals surface area contributed by atoms with Gasteiger partial charge in [0.1, 0.15) is 5.75 Å². The number of carbonyl (C=O) groups is 1. The Hall–Kier alpha value is -3.85. The Morgan fingerprint density at radius 2 is 1.62 bits per heavy atom. The highest BCUT2D eigenvalue weighted by atomic mass is 32.1. The molecule has 0 aliphatic carbocycles. The van der Waals surface area contributed by atoms with E-state index >= 15 is 0 Å². The predicted molar refractivity (Wildman–Crippen MR) is 165 cm³/mol. The van der Waals surface area contributed by atoms with Gasteiger partial charge in [-0.1, -0.05) is 58.9 Å². The van der Waals surface area contributed by atoms with Crippen molar-refractivity contribution in [3.05, 3.63) is 83.5 Å². The number of esters is 1. The minimum Gasteiger partial charge on any atom is -0.507 e. The summed E-state index contributed by atoms with van der Waals surface area (Å²) >= 11 is 1.26. The molecule has 4 rings (SSSR count). The number of phenolic OH excluding ortho intramolecular Hbond substituents is 1. The Labute approximate surface area is 250 Å². The predicted octanol–water partition coefficient (Wildman–Crippen LogP) is 5.12. The summed E-state index contributed by atoms with van der Waals surface area (Å²) in [6.45, 7) is 16.0. The largest absolute Gasteiger partial charge is 0.507 e. The monoisotopic (exact) mass is 592 g/mol. The Morgan fingerprint density at radius 1 is 1.02 bits per heavy atom. The van der Waals surface area contributed by atoms with Gasteiger partial charge in [-0.3, -0.25) is 9.36 Å². The quantitative estimate of drug-likeness (QED) is 0.399. The van der Waals surface area contributed by atoms with Crippen molar-refractivity contribution in [3.8, 4) is 17.2 Å². The molecule has 1 N–H and O–H groups in total. The van der Waals surface area contributed by atoms with Gasteiger partial charge in [0.25, 0.3) is 5.56 Å². The number of benzene rings is 2. The summed E-state index contributed by atoms with van der Waals surface area (Å²) in [6.07, 6.45) is 1.84. The molecule has 224 valence electrons. The molecule has 1 aromatic heterocycles. The fourth-order valence-corrected chi connectivity index (χ4v) is 6.21. The van der Waals surface area contributed by atoms with E-state index in [0.717, 1.165) is 16.7 Å². The number of hydrogen-bond donors (Lipinski definition) is 1. The number of hydrogen-bond acceptors (Lipinski definition) is 8. The molecular formula is C33H40N2O6S. The Balaban J connectivity index is 2.01. The van der Waals surface area contributed by atoms with E-state index in [2.05, 4.69) is 46.5 Å². The summed E-state index contributed by atoms with van der Waals surface area (Å²) in [6, 6.07) is 8.42. The average Bonchev–Trinajstić information content (AvgIpc) is 3.21. The van der Waals surface area contributed by atoms with E-state index in [-0.39, 0.29) is 34.3 Å². The minimum atomic E-state index is -0.780. The van der Waals surface area contributed by atoms with Crippen LogP contribution >= 0.6 is 11.3 Å². The third-order valence-electron chi connectivity index (χ3n) is 7.29. The fraction of sp³-hybridized carbons (Fsp3) is 0.424. The van der Waals surface area contributed by atoms with E-state index in [1.807, 2.05) is 24.3 Å². The minimum absolute atomic E-state index is 0.186. The van der Waals surface area contributed by atoms with Gasteiger partial charge in [-0.05, 0) is 66.1 Å². The van der Waals surface area contributed by atoms with Gasteiger partial charge in [-0.2, -0.15) is 0 Å². The summed E-state index contributed by atoms with van der Waals surface area (Å²) in [5.74, 6) is 0.750. The molecular weight excluding hydrogens is 552 g/mol. The summed E-state index contributed by atoms with van der Waals surface area (Å²) < 4.78 is 18.4. The molecule has 0 spiro atoms.